The molecule has 3 rings (SSSR count). The summed E-state index contributed by atoms with van der Waals surface area (Å²) in [5.41, 5.74) is 1.45. The Morgan fingerprint density at radius 2 is 2.00 bits per heavy atom. The first-order valence-electron chi connectivity index (χ1n) is 6.91. The van der Waals surface area contributed by atoms with Gasteiger partial charge in [0.15, 0.2) is 0 Å². The Labute approximate surface area is 104 Å². The van der Waals surface area contributed by atoms with Gasteiger partial charge >= 0.3 is 0 Å². The standard InChI is InChI=1S/C15H22N2/c1-12-8-9-13-6-5-7-14(15(13)16-12)17-10-3-2-4-11-17/h5-9,12,14-16H,2-4,10-11H2,1H3/t12-,14?,15-/m0/s1. The first-order valence-corrected chi connectivity index (χ1v) is 6.91. The van der Waals surface area contributed by atoms with E-state index in [-0.39, 0.29) is 0 Å². The van der Waals surface area contributed by atoms with Crippen molar-refractivity contribution in [3.8, 4) is 0 Å². The number of hydrogen-bond acceptors (Lipinski definition) is 2. The van der Waals surface area contributed by atoms with Gasteiger partial charge in [0.25, 0.3) is 0 Å². The minimum Gasteiger partial charge on any atom is -0.302 e. The smallest absolute Gasteiger partial charge is 0.0518 e. The molecule has 1 N–H and O–H groups in total. The molecular weight excluding hydrogens is 208 g/mol. The molecule has 1 aliphatic carbocycles. The van der Waals surface area contributed by atoms with Crippen molar-refractivity contribution in [3.63, 3.8) is 0 Å². The van der Waals surface area contributed by atoms with Crippen LogP contribution in [0.15, 0.2) is 36.0 Å². The molecule has 2 heteroatoms. The Bertz CT molecular complexity index is 361. The number of nitrogens with one attached hydrogen (secondary N) is 1. The summed E-state index contributed by atoms with van der Waals surface area (Å²) in [6, 6.07) is 1.55. The highest BCUT2D eigenvalue weighted by Crippen LogP contribution is 2.25. The number of likely N-dealkylation sites (tertiary alicyclic amines) is 1. The summed E-state index contributed by atoms with van der Waals surface area (Å²) in [6.07, 6.45) is 15.5. The third-order valence-electron chi connectivity index (χ3n) is 4.13. The van der Waals surface area contributed by atoms with E-state index < -0.39 is 0 Å². The van der Waals surface area contributed by atoms with Gasteiger partial charge in [0.05, 0.1) is 6.04 Å². The third kappa shape index (κ3) is 2.24. The van der Waals surface area contributed by atoms with Crippen LogP contribution in [0.5, 0.6) is 0 Å². The Hall–Kier alpha value is -0.860. The zero-order valence-corrected chi connectivity index (χ0v) is 10.6. The van der Waals surface area contributed by atoms with Gasteiger partial charge in [0.1, 0.15) is 0 Å². The lowest BCUT2D eigenvalue weighted by molar-refractivity contribution is 0.165. The van der Waals surface area contributed by atoms with Gasteiger partial charge in [-0.05, 0) is 38.4 Å². The minimum atomic E-state index is 0.496. The topological polar surface area (TPSA) is 15.3 Å². The van der Waals surface area contributed by atoms with Gasteiger partial charge in [0, 0.05) is 12.1 Å². The van der Waals surface area contributed by atoms with Crippen molar-refractivity contribution in [1.82, 2.24) is 10.2 Å². The minimum absolute atomic E-state index is 0.496. The van der Waals surface area contributed by atoms with Crippen LogP contribution in [-0.2, 0) is 0 Å². The summed E-state index contributed by atoms with van der Waals surface area (Å²) in [7, 11) is 0. The van der Waals surface area contributed by atoms with Crippen LogP contribution < -0.4 is 5.32 Å². The molecule has 3 atom stereocenters. The molecule has 0 spiro atoms. The molecule has 1 saturated heterocycles. The normalized spacial score (nSPS) is 37.7. The highest BCUT2D eigenvalue weighted by molar-refractivity contribution is 5.39. The van der Waals surface area contributed by atoms with Crippen LogP contribution >= 0.6 is 0 Å². The second kappa shape index (κ2) is 4.79. The van der Waals surface area contributed by atoms with Crippen LogP contribution in [0, 0.1) is 0 Å². The van der Waals surface area contributed by atoms with E-state index in [0.29, 0.717) is 18.1 Å². The predicted molar refractivity (Wildman–Crippen MR) is 72.0 cm³/mol. The molecule has 17 heavy (non-hydrogen) atoms. The van der Waals surface area contributed by atoms with Crippen LogP contribution in [0.1, 0.15) is 26.2 Å². The Kier molecular flexibility index (Phi) is 3.17. The lowest BCUT2D eigenvalue weighted by Gasteiger charge is -2.42. The third-order valence-corrected chi connectivity index (χ3v) is 4.13. The summed E-state index contributed by atoms with van der Waals surface area (Å²) < 4.78 is 0. The highest BCUT2D eigenvalue weighted by atomic mass is 15.2. The maximum atomic E-state index is 3.72. The lowest BCUT2D eigenvalue weighted by Crippen LogP contribution is -2.55. The van der Waals surface area contributed by atoms with E-state index in [1.807, 2.05) is 0 Å². The van der Waals surface area contributed by atoms with Gasteiger partial charge < -0.3 is 5.32 Å². The first kappa shape index (κ1) is 11.2. The van der Waals surface area contributed by atoms with Gasteiger partial charge in [-0.1, -0.05) is 36.8 Å². The first-order chi connectivity index (χ1) is 8.34. The van der Waals surface area contributed by atoms with Gasteiger partial charge in [-0.25, -0.2) is 0 Å². The van der Waals surface area contributed by atoms with E-state index in [2.05, 4.69) is 47.5 Å². The largest absolute Gasteiger partial charge is 0.302 e. The van der Waals surface area contributed by atoms with Gasteiger partial charge in [-0.2, -0.15) is 0 Å². The average molecular weight is 230 g/mol. The summed E-state index contributed by atoms with van der Waals surface area (Å²) in [6.45, 7) is 4.76. The second-order valence-electron chi connectivity index (χ2n) is 5.43. The van der Waals surface area contributed by atoms with Crippen molar-refractivity contribution >= 4 is 0 Å². The fraction of sp³-hybridized carbons (Fsp3) is 0.600. The van der Waals surface area contributed by atoms with Crippen molar-refractivity contribution in [2.24, 2.45) is 0 Å². The SMILES string of the molecule is C[C@H]1C=CC2=CC=CC(N3CCCCC3)[C@H]2N1. The van der Waals surface area contributed by atoms with E-state index in [9.17, 15) is 0 Å². The van der Waals surface area contributed by atoms with E-state index in [1.54, 1.807) is 0 Å². The molecule has 0 bridgehead atoms. The van der Waals surface area contributed by atoms with E-state index in [4.69, 9.17) is 0 Å². The molecule has 0 saturated carbocycles. The van der Waals surface area contributed by atoms with Crippen LogP contribution in [0.2, 0.25) is 0 Å². The molecule has 0 amide bonds. The van der Waals surface area contributed by atoms with Crippen LogP contribution in [0.4, 0.5) is 0 Å². The number of allylic oxidation sites excluding steroid dienone is 2. The molecule has 2 aliphatic heterocycles. The van der Waals surface area contributed by atoms with E-state index in [1.165, 1.54) is 37.9 Å². The van der Waals surface area contributed by atoms with E-state index in [0.717, 1.165) is 0 Å². The Balaban J connectivity index is 1.79. The zero-order valence-electron chi connectivity index (χ0n) is 10.6. The number of rotatable bonds is 1. The molecule has 0 aromatic rings. The van der Waals surface area contributed by atoms with Gasteiger partial charge in [-0.15, -0.1) is 0 Å². The maximum absolute atomic E-state index is 3.72. The fourth-order valence-corrected chi connectivity index (χ4v) is 3.19. The highest BCUT2D eigenvalue weighted by Gasteiger charge is 2.31. The number of fused-ring (bicyclic) bond motifs is 1. The molecule has 92 valence electrons. The van der Waals surface area contributed by atoms with Gasteiger partial charge in [0.2, 0.25) is 0 Å². The average Bonchev–Trinajstić information content (AvgIpc) is 2.39. The summed E-state index contributed by atoms with van der Waals surface area (Å²) >= 11 is 0. The molecule has 2 nitrogen and oxygen atoms in total. The van der Waals surface area contributed by atoms with Crippen molar-refractivity contribution in [1.29, 1.82) is 0 Å². The molecule has 1 fully saturated rings. The number of nitrogens with zero attached hydrogens (tertiary/aromatic N) is 1. The van der Waals surface area contributed by atoms with E-state index >= 15 is 0 Å². The number of piperidine rings is 1. The molecule has 0 aromatic heterocycles. The van der Waals surface area contributed by atoms with Crippen LogP contribution in [-0.4, -0.2) is 36.1 Å². The molecule has 1 unspecified atom stereocenters. The Morgan fingerprint density at radius 3 is 2.82 bits per heavy atom. The predicted octanol–water partition coefficient (Wildman–Crippen LogP) is 2.25. The summed E-state index contributed by atoms with van der Waals surface area (Å²) in [5.74, 6) is 0. The summed E-state index contributed by atoms with van der Waals surface area (Å²) in [5, 5.41) is 3.72. The zero-order chi connectivity index (χ0) is 11.7. The molecular formula is C15H22N2. The monoisotopic (exact) mass is 230 g/mol. The maximum Gasteiger partial charge on any atom is 0.0518 e. The van der Waals surface area contributed by atoms with Crippen molar-refractivity contribution in [2.75, 3.05) is 13.1 Å². The van der Waals surface area contributed by atoms with Gasteiger partial charge in [-0.3, -0.25) is 4.90 Å². The van der Waals surface area contributed by atoms with Crippen LogP contribution in [0.25, 0.3) is 0 Å². The Morgan fingerprint density at radius 1 is 1.18 bits per heavy atom. The lowest BCUT2D eigenvalue weighted by atomic mass is 9.88. The van der Waals surface area contributed by atoms with Crippen LogP contribution in [0.3, 0.4) is 0 Å². The fourth-order valence-electron chi connectivity index (χ4n) is 3.19. The second-order valence-corrected chi connectivity index (χ2v) is 5.43. The molecule has 2 heterocycles. The van der Waals surface area contributed by atoms with Crippen molar-refractivity contribution in [3.05, 3.63) is 36.0 Å². The van der Waals surface area contributed by atoms with Crippen molar-refractivity contribution in [2.45, 2.75) is 44.3 Å². The molecule has 0 aromatic carbocycles. The van der Waals surface area contributed by atoms with Crippen molar-refractivity contribution < 1.29 is 0 Å². The number of hydrogen-bond donors (Lipinski definition) is 1. The molecule has 3 aliphatic rings. The quantitative estimate of drug-likeness (QED) is 0.743. The molecule has 0 radical (unpaired) electrons. The summed E-state index contributed by atoms with van der Waals surface area (Å²) in [4.78, 5) is 2.65.